The lowest BCUT2D eigenvalue weighted by atomic mass is 9.78. The zero-order chi connectivity index (χ0) is 19.5. The molecule has 146 valence electrons. The Bertz CT molecular complexity index is 975. The van der Waals surface area contributed by atoms with Crippen molar-refractivity contribution >= 4 is 17.0 Å². The van der Waals surface area contributed by atoms with Gasteiger partial charge < -0.3 is 9.30 Å². The molecule has 1 aromatic carbocycles. The number of hydrogen-bond acceptors (Lipinski definition) is 4. The minimum absolute atomic E-state index is 0.461. The molecule has 2 heterocycles. The van der Waals surface area contributed by atoms with Crippen LogP contribution in [-0.4, -0.2) is 16.7 Å². The Labute approximate surface area is 170 Å². The van der Waals surface area contributed by atoms with Gasteiger partial charge >= 0.3 is 0 Å². The first kappa shape index (κ1) is 18.9. The summed E-state index contributed by atoms with van der Waals surface area (Å²) < 4.78 is 7.81. The Kier molecular flexibility index (Phi) is 5.62. The van der Waals surface area contributed by atoms with E-state index in [0.717, 1.165) is 22.2 Å². The minimum atomic E-state index is 0.461. The monoisotopic (exact) mass is 393 g/mol. The lowest BCUT2D eigenvalue weighted by Gasteiger charge is -2.36. The number of rotatable bonds is 4. The van der Waals surface area contributed by atoms with Gasteiger partial charge in [0.2, 0.25) is 0 Å². The van der Waals surface area contributed by atoms with Crippen molar-refractivity contribution in [1.29, 1.82) is 0 Å². The third-order valence-electron chi connectivity index (χ3n) is 5.99. The number of hydrogen-bond donors (Lipinski definition) is 0. The van der Waals surface area contributed by atoms with Crippen molar-refractivity contribution in [3.8, 4) is 17.0 Å². The summed E-state index contributed by atoms with van der Waals surface area (Å²) in [7, 11) is 1.70. The topological polar surface area (TPSA) is 39.4 Å². The predicted molar refractivity (Wildman–Crippen MR) is 115 cm³/mol. The van der Waals surface area contributed by atoms with Gasteiger partial charge in [-0.25, -0.2) is 4.99 Å². The second-order valence-corrected chi connectivity index (χ2v) is 8.50. The number of thiazole rings is 1. The Morgan fingerprint density at radius 2 is 1.96 bits per heavy atom. The number of nitrogens with zero attached hydrogens (tertiary/aromatic N) is 3. The van der Waals surface area contributed by atoms with Crippen LogP contribution in [0.4, 0.5) is 5.69 Å². The van der Waals surface area contributed by atoms with Gasteiger partial charge in [-0.15, -0.1) is 11.3 Å². The molecular weight excluding hydrogens is 366 g/mol. The maximum Gasteiger partial charge on any atom is 0.190 e. The molecule has 0 radical (unpaired) electrons. The number of aromatic nitrogens is 2. The van der Waals surface area contributed by atoms with E-state index in [1.54, 1.807) is 24.6 Å². The van der Waals surface area contributed by atoms with E-state index in [-0.39, 0.29) is 0 Å². The summed E-state index contributed by atoms with van der Waals surface area (Å²) in [4.78, 5) is 10.2. The molecule has 0 bridgehead atoms. The fraction of sp³-hybridized carbons (Fsp3) is 0.391. The molecule has 0 aliphatic heterocycles. The Morgan fingerprint density at radius 1 is 1.14 bits per heavy atom. The highest BCUT2D eigenvalue weighted by Crippen LogP contribution is 2.39. The SMILES string of the molecule is COc1ccc(-c2csc(=Nc3cccnc3)n2C2CCCC(C)C2C)cc1. The fourth-order valence-corrected chi connectivity index (χ4v) is 5.12. The lowest BCUT2D eigenvalue weighted by Crippen LogP contribution is -2.32. The molecule has 1 aliphatic carbocycles. The molecule has 1 aliphatic rings. The normalized spacial score (nSPS) is 23.0. The standard InChI is InChI=1S/C23H27N3OS/c1-16-6-4-8-21(17(16)2)26-22(18-9-11-20(27-3)12-10-18)15-28-23(26)25-19-7-5-13-24-14-19/h5,7,9-17,21H,4,6,8H2,1-3H3. The van der Waals surface area contributed by atoms with Crippen molar-refractivity contribution in [2.24, 2.45) is 16.8 Å². The molecule has 2 aromatic heterocycles. The summed E-state index contributed by atoms with van der Waals surface area (Å²) in [6.07, 6.45) is 7.40. The summed E-state index contributed by atoms with van der Waals surface area (Å²) in [5.74, 6) is 2.22. The van der Waals surface area contributed by atoms with E-state index in [2.05, 4.69) is 40.9 Å². The first-order valence-corrected chi connectivity index (χ1v) is 10.8. The van der Waals surface area contributed by atoms with Gasteiger partial charge in [-0.3, -0.25) is 4.98 Å². The summed E-state index contributed by atoms with van der Waals surface area (Å²) in [6.45, 7) is 4.78. The molecule has 4 nitrogen and oxygen atoms in total. The van der Waals surface area contributed by atoms with E-state index in [9.17, 15) is 0 Å². The van der Waals surface area contributed by atoms with Crippen molar-refractivity contribution in [1.82, 2.24) is 9.55 Å². The maximum atomic E-state index is 5.34. The summed E-state index contributed by atoms with van der Waals surface area (Å²) in [5, 5.41) is 2.24. The van der Waals surface area contributed by atoms with Gasteiger partial charge in [0.25, 0.3) is 0 Å². The molecule has 1 fully saturated rings. The Morgan fingerprint density at radius 3 is 2.68 bits per heavy atom. The van der Waals surface area contributed by atoms with Gasteiger partial charge in [0.05, 0.1) is 24.7 Å². The van der Waals surface area contributed by atoms with Crippen LogP contribution in [0.3, 0.4) is 0 Å². The molecule has 3 atom stereocenters. The number of methoxy groups -OCH3 is 1. The third-order valence-corrected chi connectivity index (χ3v) is 6.83. The average Bonchev–Trinajstić information content (AvgIpc) is 3.14. The highest BCUT2D eigenvalue weighted by molar-refractivity contribution is 7.07. The van der Waals surface area contributed by atoms with E-state index in [0.29, 0.717) is 12.0 Å². The van der Waals surface area contributed by atoms with E-state index in [1.165, 1.54) is 30.5 Å². The van der Waals surface area contributed by atoms with E-state index in [1.807, 2.05) is 30.5 Å². The molecule has 28 heavy (non-hydrogen) atoms. The molecule has 0 saturated heterocycles. The second kappa shape index (κ2) is 8.31. The largest absolute Gasteiger partial charge is 0.497 e. The van der Waals surface area contributed by atoms with Gasteiger partial charge in [0, 0.05) is 17.6 Å². The fourth-order valence-electron chi connectivity index (χ4n) is 4.14. The van der Waals surface area contributed by atoms with Crippen molar-refractivity contribution in [2.45, 2.75) is 39.2 Å². The van der Waals surface area contributed by atoms with Crippen LogP contribution >= 0.6 is 11.3 Å². The van der Waals surface area contributed by atoms with Gasteiger partial charge in [0.1, 0.15) is 5.75 Å². The van der Waals surface area contributed by atoms with Crippen molar-refractivity contribution in [3.63, 3.8) is 0 Å². The van der Waals surface area contributed by atoms with Crippen LogP contribution in [-0.2, 0) is 0 Å². The quantitative estimate of drug-likeness (QED) is 0.558. The first-order valence-electron chi connectivity index (χ1n) is 9.96. The number of ether oxygens (including phenoxy) is 1. The van der Waals surface area contributed by atoms with Gasteiger partial charge in [-0.1, -0.05) is 26.7 Å². The zero-order valence-corrected chi connectivity index (χ0v) is 17.5. The van der Waals surface area contributed by atoms with Crippen molar-refractivity contribution in [3.05, 3.63) is 59.0 Å². The Balaban J connectivity index is 1.85. The van der Waals surface area contributed by atoms with Crippen LogP contribution in [0.15, 0.2) is 59.2 Å². The van der Waals surface area contributed by atoms with Crippen LogP contribution in [0.2, 0.25) is 0 Å². The van der Waals surface area contributed by atoms with Gasteiger partial charge in [-0.2, -0.15) is 0 Å². The lowest BCUT2D eigenvalue weighted by molar-refractivity contribution is 0.185. The number of benzene rings is 1. The van der Waals surface area contributed by atoms with E-state index >= 15 is 0 Å². The minimum Gasteiger partial charge on any atom is -0.497 e. The van der Waals surface area contributed by atoms with Crippen molar-refractivity contribution in [2.75, 3.05) is 7.11 Å². The van der Waals surface area contributed by atoms with Crippen molar-refractivity contribution < 1.29 is 4.74 Å². The molecule has 1 saturated carbocycles. The predicted octanol–water partition coefficient (Wildman–Crippen LogP) is 5.85. The smallest absolute Gasteiger partial charge is 0.190 e. The summed E-state index contributed by atoms with van der Waals surface area (Å²) in [5.41, 5.74) is 3.34. The zero-order valence-electron chi connectivity index (χ0n) is 16.7. The molecule has 0 N–H and O–H groups in total. The number of pyridine rings is 1. The summed E-state index contributed by atoms with van der Waals surface area (Å²) >= 11 is 1.71. The van der Waals surface area contributed by atoms with Gasteiger partial charge in [0.15, 0.2) is 4.80 Å². The van der Waals surface area contributed by atoms with Crippen LogP contribution < -0.4 is 9.54 Å². The average molecular weight is 394 g/mol. The second-order valence-electron chi connectivity index (χ2n) is 7.66. The van der Waals surface area contributed by atoms with E-state index < -0.39 is 0 Å². The van der Waals surface area contributed by atoms with Crippen LogP contribution in [0.5, 0.6) is 5.75 Å². The molecule has 3 unspecified atom stereocenters. The molecular formula is C23H27N3OS. The molecule has 3 aromatic rings. The third kappa shape index (κ3) is 3.76. The van der Waals surface area contributed by atoms with Crippen LogP contribution in [0.1, 0.15) is 39.2 Å². The Hall–Kier alpha value is -2.40. The van der Waals surface area contributed by atoms with E-state index in [4.69, 9.17) is 9.73 Å². The highest BCUT2D eigenvalue weighted by Gasteiger charge is 2.30. The molecule has 5 heteroatoms. The molecule has 0 amide bonds. The highest BCUT2D eigenvalue weighted by atomic mass is 32.1. The van der Waals surface area contributed by atoms with Gasteiger partial charge in [-0.05, 0) is 60.2 Å². The van der Waals surface area contributed by atoms with Crippen LogP contribution in [0.25, 0.3) is 11.3 Å². The summed E-state index contributed by atoms with van der Waals surface area (Å²) in [6, 6.07) is 12.8. The molecule has 0 spiro atoms. The first-order chi connectivity index (χ1) is 13.7. The molecule has 4 rings (SSSR count). The maximum absolute atomic E-state index is 5.34. The van der Waals surface area contributed by atoms with Crippen LogP contribution in [0, 0.1) is 11.8 Å².